The second-order valence-electron chi connectivity index (χ2n) is 7.27. The number of aromatic nitrogens is 2. The molecule has 1 fully saturated rings. The molecular weight excluding hydrogens is 350 g/mol. The van der Waals surface area contributed by atoms with Gasteiger partial charge in [-0.3, -0.25) is 0 Å². The average molecular weight is 375 g/mol. The van der Waals surface area contributed by atoms with Gasteiger partial charge < -0.3 is 20.6 Å². The van der Waals surface area contributed by atoms with E-state index in [9.17, 15) is 5.11 Å². The zero-order chi connectivity index (χ0) is 19.8. The Kier molecular flexibility index (Phi) is 4.55. The van der Waals surface area contributed by atoms with Crippen molar-refractivity contribution < 1.29 is 5.11 Å². The van der Waals surface area contributed by atoms with Crippen LogP contribution in [0.15, 0.2) is 49.6 Å². The van der Waals surface area contributed by atoms with Crippen LogP contribution in [0.3, 0.4) is 0 Å². The van der Waals surface area contributed by atoms with E-state index in [1.165, 1.54) is 6.33 Å². The molecule has 2 heterocycles. The van der Waals surface area contributed by atoms with Crippen molar-refractivity contribution in [2.24, 2.45) is 0 Å². The molecule has 0 saturated heterocycles. The van der Waals surface area contributed by atoms with Crippen LogP contribution in [0.5, 0.6) is 5.75 Å². The SMILES string of the molecule is C=CNc1ncnc(NC(C)C2=Cc3cccc(O)c3C(=C)N2C2CC2)c1C. The molecule has 144 valence electrons. The number of rotatable bonds is 6. The fourth-order valence-corrected chi connectivity index (χ4v) is 3.71. The maximum absolute atomic E-state index is 10.4. The Morgan fingerprint density at radius 3 is 2.75 bits per heavy atom. The Bertz CT molecular complexity index is 977. The van der Waals surface area contributed by atoms with E-state index in [4.69, 9.17) is 0 Å². The second kappa shape index (κ2) is 7.03. The van der Waals surface area contributed by atoms with E-state index in [1.54, 1.807) is 12.3 Å². The largest absolute Gasteiger partial charge is 0.507 e. The normalized spacial score (nSPS) is 16.9. The highest BCUT2D eigenvalue weighted by atomic mass is 16.3. The molecular formula is C22H25N5O. The quantitative estimate of drug-likeness (QED) is 0.698. The summed E-state index contributed by atoms with van der Waals surface area (Å²) < 4.78 is 0. The van der Waals surface area contributed by atoms with Crippen LogP contribution in [0.2, 0.25) is 0 Å². The van der Waals surface area contributed by atoms with Gasteiger partial charge in [-0.15, -0.1) is 0 Å². The fraction of sp³-hybridized carbons (Fsp3) is 0.273. The number of nitrogens with zero attached hydrogens (tertiary/aromatic N) is 3. The third-order valence-corrected chi connectivity index (χ3v) is 5.27. The molecule has 0 bridgehead atoms. The van der Waals surface area contributed by atoms with Gasteiger partial charge in [-0.1, -0.05) is 25.3 Å². The Hall–Kier alpha value is -3.28. The van der Waals surface area contributed by atoms with Crippen LogP contribution in [-0.2, 0) is 0 Å². The summed E-state index contributed by atoms with van der Waals surface area (Å²) >= 11 is 0. The number of hydrogen-bond donors (Lipinski definition) is 3. The number of nitrogens with one attached hydrogen (secondary N) is 2. The first-order valence-corrected chi connectivity index (χ1v) is 9.49. The van der Waals surface area contributed by atoms with E-state index in [0.717, 1.165) is 52.6 Å². The maximum Gasteiger partial charge on any atom is 0.138 e. The van der Waals surface area contributed by atoms with Crippen molar-refractivity contribution in [3.8, 4) is 5.75 Å². The van der Waals surface area contributed by atoms with Gasteiger partial charge in [-0.05, 0) is 50.6 Å². The molecule has 6 heteroatoms. The molecule has 0 amide bonds. The van der Waals surface area contributed by atoms with Crippen LogP contribution < -0.4 is 10.6 Å². The highest BCUT2D eigenvalue weighted by molar-refractivity contribution is 5.82. The fourth-order valence-electron chi connectivity index (χ4n) is 3.71. The average Bonchev–Trinajstić information content (AvgIpc) is 3.49. The van der Waals surface area contributed by atoms with E-state index in [1.807, 2.05) is 19.1 Å². The lowest BCUT2D eigenvalue weighted by atomic mass is 9.95. The van der Waals surface area contributed by atoms with Gasteiger partial charge in [0.25, 0.3) is 0 Å². The van der Waals surface area contributed by atoms with Crippen LogP contribution in [0, 0.1) is 6.92 Å². The summed E-state index contributed by atoms with van der Waals surface area (Å²) in [4.78, 5) is 10.9. The zero-order valence-electron chi connectivity index (χ0n) is 16.2. The standard InChI is InChI=1S/C22H25N5O/c1-5-23-21-13(2)22(25-12-24-21)26-14(3)18-11-16-7-6-8-19(28)20(16)15(4)27(18)17-9-10-17/h5-8,11-12,14,17,28H,1,4,9-10H2,2-3H3,(H2,23,24,25,26). The molecule has 4 rings (SSSR count). The van der Waals surface area contributed by atoms with Crippen LogP contribution in [0.4, 0.5) is 11.6 Å². The summed E-state index contributed by atoms with van der Waals surface area (Å²) in [5, 5.41) is 16.9. The van der Waals surface area contributed by atoms with E-state index >= 15 is 0 Å². The van der Waals surface area contributed by atoms with Crippen molar-refractivity contribution >= 4 is 23.4 Å². The lowest BCUT2D eigenvalue weighted by Crippen LogP contribution is -2.35. The van der Waals surface area contributed by atoms with E-state index in [-0.39, 0.29) is 11.8 Å². The molecule has 1 unspecified atom stereocenters. The second-order valence-corrected chi connectivity index (χ2v) is 7.27. The van der Waals surface area contributed by atoms with Crippen molar-refractivity contribution in [2.45, 2.75) is 38.8 Å². The molecule has 1 aromatic carbocycles. The molecule has 1 aliphatic carbocycles. The Balaban J connectivity index is 1.70. The number of phenolic OH excluding ortho intramolecular Hbond substituents is 1. The van der Waals surface area contributed by atoms with Crippen molar-refractivity contribution in [1.29, 1.82) is 0 Å². The first-order valence-electron chi connectivity index (χ1n) is 9.49. The number of fused-ring (bicyclic) bond motifs is 1. The van der Waals surface area contributed by atoms with Crippen molar-refractivity contribution in [1.82, 2.24) is 14.9 Å². The summed E-state index contributed by atoms with van der Waals surface area (Å²) in [6.07, 6.45) is 7.54. The Morgan fingerprint density at radius 1 is 1.29 bits per heavy atom. The topological polar surface area (TPSA) is 73.3 Å². The number of anilines is 2. The smallest absolute Gasteiger partial charge is 0.138 e. The van der Waals surface area contributed by atoms with Gasteiger partial charge in [0.05, 0.1) is 6.04 Å². The number of phenols is 1. The van der Waals surface area contributed by atoms with Crippen molar-refractivity contribution in [3.05, 3.63) is 66.3 Å². The van der Waals surface area contributed by atoms with Crippen LogP contribution >= 0.6 is 0 Å². The van der Waals surface area contributed by atoms with Gasteiger partial charge in [0.15, 0.2) is 0 Å². The summed E-state index contributed by atoms with van der Waals surface area (Å²) in [5.74, 6) is 1.78. The minimum Gasteiger partial charge on any atom is -0.507 e. The third kappa shape index (κ3) is 3.11. The molecule has 6 nitrogen and oxygen atoms in total. The van der Waals surface area contributed by atoms with Crippen LogP contribution in [-0.4, -0.2) is 32.1 Å². The summed E-state index contributed by atoms with van der Waals surface area (Å²) in [7, 11) is 0. The molecule has 2 aliphatic rings. The molecule has 1 atom stereocenters. The van der Waals surface area contributed by atoms with Crippen molar-refractivity contribution in [2.75, 3.05) is 10.6 Å². The first kappa shape index (κ1) is 18.1. The van der Waals surface area contributed by atoms with E-state index in [0.29, 0.717) is 6.04 Å². The highest BCUT2D eigenvalue weighted by Gasteiger charge is 2.37. The minimum absolute atomic E-state index is 0.00182. The Labute approximate surface area is 165 Å². The molecule has 1 aliphatic heterocycles. The van der Waals surface area contributed by atoms with Gasteiger partial charge in [0.1, 0.15) is 23.7 Å². The lowest BCUT2D eigenvalue weighted by Gasteiger charge is -2.37. The molecule has 1 aromatic heterocycles. The van der Waals surface area contributed by atoms with Crippen LogP contribution in [0.1, 0.15) is 36.5 Å². The summed E-state index contributed by atoms with van der Waals surface area (Å²) in [5.41, 5.74) is 4.72. The minimum atomic E-state index is -0.00182. The highest BCUT2D eigenvalue weighted by Crippen LogP contribution is 2.44. The van der Waals surface area contributed by atoms with Gasteiger partial charge >= 0.3 is 0 Å². The molecule has 2 aromatic rings. The number of hydrogen-bond acceptors (Lipinski definition) is 6. The molecule has 1 saturated carbocycles. The van der Waals surface area contributed by atoms with Gasteiger partial charge in [-0.25, -0.2) is 9.97 Å². The first-order chi connectivity index (χ1) is 13.5. The lowest BCUT2D eigenvalue weighted by molar-refractivity contribution is 0.439. The number of benzene rings is 1. The molecule has 3 N–H and O–H groups in total. The summed E-state index contributed by atoms with van der Waals surface area (Å²) in [6.45, 7) is 12.1. The van der Waals surface area contributed by atoms with Crippen molar-refractivity contribution in [3.63, 3.8) is 0 Å². The predicted molar refractivity (Wildman–Crippen MR) is 114 cm³/mol. The maximum atomic E-state index is 10.4. The Morgan fingerprint density at radius 2 is 2.04 bits per heavy atom. The molecule has 0 spiro atoms. The predicted octanol–water partition coefficient (Wildman–Crippen LogP) is 4.34. The number of aromatic hydroxyl groups is 1. The van der Waals surface area contributed by atoms with Gasteiger partial charge in [0.2, 0.25) is 0 Å². The van der Waals surface area contributed by atoms with Gasteiger partial charge in [-0.2, -0.15) is 0 Å². The van der Waals surface area contributed by atoms with Crippen LogP contribution in [0.25, 0.3) is 11.8 Å². The molecule has 0 radical (unpaired) electrons. The molecule has 28 heavy (non-hydrogen) atoms. The zero-order valence-corrected chi connectivity index (χ0v) is 16.2. The van der Waals surface area contributed by atoms with E-state index in [2.05, 4.69) is 51.7 Å². The van der Waals surface area contributed by atoms with E-state index < -0.39 is 0 Å². The van der Waals surface area contributed by atoms with Gasteiger partial charge in [0, 0.05) is 28.6 Å². The monoisotopic (exact) mass is 375 g/mol. The third-order valence-electron chi connectivity index (χ3n) is 5.27. The summed E-state index contributed by atoms with van der Waals surface area (Å²) in [6, 6.07) is 6.02.